The highest BCUT2D eigenvalue weighted by Gasteiger charge is 2.14. The molecule has 0 aliphatic rings. The molecular formula is C18H14FN5O2S. The van der Waals surface area contributed by atoms with Crippen molar-refractivity contribution >= 4 is 11.8 Å². The maximum Gasteiger partial charge on any atom is 0.237 e. The van der Waals surface area contributed by atoms with Crippen LogP contribution >= 0.6 is 11.8 Å². The zero-order valence-corrected chi connectivity index (χ0v) is 15.1. The molecule has 0 bridgehead atoms. The van der Waals surface area contributed by atoms with Crippen LogP contribution in [0, 0.1) is 5.82 Å². The number of benzene rings is 2. The van der Waals surface area contributed by atoms with Crippen molar-refractivity contribution in [1.82, 2.24) is 24.9 Å². The van der Waals surface area contributed by atoms with E-state index in [4.69, 9.17) is 9.26 Å². The molecule has 0 aliphatic heterocycles. The molecular weight excluding hydrogens is 369 g/mol. The molecule has 136 valence electrons. The van der Waals surface area contributed by atoms with E-state index in [-0.39, 0.29) is 5.82 Å². The molecule has 0 unspecified atom stereocenters. The van der Waals surface area contributed by atoms with Crippen molar-refractivity contribution < 1.29 is 13.7 Å². The number of aromatic nitrogens is 5. The first kappa shape index (κ1) is 17.2. The summed E-state index contributed by atoms with van der Waals surface area (Å²) in [4.78, 5) is 4.34. The first-order chi connectivity index (χ1) is 13.2. The Labute approximate surface area is 158 Å². The van der Waals surface area contributed by atoms with Crippen molar-refractivity contribution in [2.75, 3.05) is 7.11 Å². The van der Waals surface area contributed by atoms with Gasteiger partial charge in [-0.05, 0) is 36.4 Å². The summed E-state index contributed by atoms with van der Waals surface area (Å²) in [5.41, 5.74) is 1.53. The maximum absolute atomic E-state index is 13.0. The Morgan fingerprint density at radius 2 is 1.96 bits per heavy atom. The second-order valence-electron chi connectivity index (χ2n) is 5.46. The molecule has 0 saturated heterocycles. The lowest BCUT2D eigenvalue weighted by Crippen LogP contribution is -1.98. The summed E-state index contributed by atoms with van der Waals surface area (Å²) >= 11 is 1.41. The fourth-order valence-corrected chi connectivity index (χ4v) is 3.23. The van der Waals surface area contributed by atoms with Crippen molar-refractivity contribution in [1.29, 1.82) is 0 Å². The van der Waals surface area contributed by atoms with E-state index in [9.17, 15) is 4.39 Å². The van der Waals surface area contributed by atoms with Crippen molar-refractivity contribution in [3.8, 4) is 22.8 Å². The fourth-order valence-electron chi connectivity index (χ4n) is 2.47. The van der Waals surface area contributed by atoms with E-state index in [0.717, 1.165) is 11.4 Å². The monoisotopic (exact) mass is 383 g/mol. The lowest BCUT2D eigenvalue weighted by atomic mass is 10.2. The van der Waals surface area contributed by atoms with E-state index >= 15 is 0 Å². The minimum Gasteiger partial charge on any atom is -0.495 e. The van der Waals surface area contributed by atoms with Crippen molar-refractivity contribution in [3.05, 3.63) is 66.6 Å². The molecule has 9 heteroatoms. The van der Waals surface area contributed by atoms with Gasteiger partial charge in [-0.2, -0.15) is 4.98 Å². The molecule has 27 heavy (non-hydrogen) atoms. The molecule has 0 fully saturated rings. The standard InChI is InChI=1S/C18H14FN5O2S/c1-25-15-5-3-2-4-14(15)24-11-20-22-18(24)27-10-16-21-17(23-26-16)12-6-8-13(19)9-7-12/h2-9,11H,10H2,1H3. The van der Waals surface area contributed by atoms with Gasteiger partial charge < -0.3 is 9.26 Å². The van der Waals surface area contributed by atoms with Crippen LogP contribution in [0.1, 0.15) is 5.89 Å². The number of hydrogen-bond acceptors (Lipinski definition) is 7. The largest absolute Gasteiger partial charge is 0.495 e. The van der Waals surface area contributed by atoms with E-state index in [0.29, 0.717) is 28.2 Å². The van der Waals surface area contributed by atoms with Gasteiger partial charge in [-0.15, -0.1) is 10.2 Å². The van der Waals surface area contributed by atoms with Crippen LogP contribution in [-0.2, 0) is 5.75 Å². The maximum atomic E-state index is 13.0. The first-order valence-electron chi connectivity index (χ1n) is 7.99. The highest BCUT2D eigenvalue weighted by atomic mass is 32.2. The van der Waals surface area contributed by atoms with Gasteiger partial charge in [0.2, 0.25) is 11.7 Å². The lowest BCUT2D eigenvalue weighted by Gasteiger charge is -2.10. The predicted octanol–water partition coefficient (Wildman–Crippen LogP) is 3.76. The highest BCUT2D eigenvalue weighted by molar-refractivity contribution is 7.98. The smallest absolute Gasteiger partial charge is 0.237 e. The van der Waals surface area contributed by atoms with Crippen LogP contribution in [0.25, 0.3) is 17.1 Å². The number of halogens is 1. The Bertz CT molecular complexity index is 1050. The minimum absolute atomic E-state index is 0.311. The Morgan fingerprint density at radius 3 is 2.78 bits per heavy atom. The van der Waals surface area contributed by atoms with Crippen LogP contribution in [0.5, 0.6) is 5.75 Å². The quantitative estimate of drug-likeness (QED) is 0.469. The number of hydrogen-bond donors (Lipinski definition) is 0. The van der Waals surface area contributed by atoms with E-state index in [2.05, 4.69) is 20.3 Å². The zero-order valence-electron chi connectivity index (χ0n) is 14.2. The van der Waals surface area contributed by atoms with Gasteiger partial charge in [-0.1, -0.05) is 29.1 Å². The van der Waals surface area contributed by atoms with Gasteiger partial charge in [0, 0.05) is 5.56 Å². The first-order valence-corrected chi connectivity index (χ1v) is 8.98. The molecule has 0 aliphatic carbocycles. The van der Waals surface area contributed by atoms with Crippen LogP contribution in [0.2, 0.25) is 0 Å². The summed E-state index contributed by atoms with van der Waals surface area (Å²) < 4.78 is 25.5. The average Bonchev–Trinajstić information content (AvgIpc) is 3.36. The summed E-state index contributed by atoms with van der Waals surface area (Å²) in [5, 5.41) is 12.7. The van der Waals surface area contributed by atoms with Gasteiger partial charge in [0.05, 0.1) is 18.6 Å². The molecule has 2 aromatic heterocycles. The summed E-state index contributed by atoms with van der Waals surface area (Å²) in [6.07, 6.45) is 1.62. The van der Waals surface area contributed by atoms with Crippen molar-refractivity contribution in [2.24, 2.45) is 0 Å². The van der Waals surface area contributed by atoms with Crippen molar-refractivity contribution in [2.45, 2.75) is 10.9 Å². The predicted molar refractivity (Wildman–Crippen MR) is 97.2 cm³/mol. The molecule has 4 rings (SSSR count). The Morgan fingerprint density at radius 1 is 1.15 bits per heavy atom. The van der Waals surface area contributed by atoms with Gasteiger partial charge in [0.15, 0.2) is 5.16 Å². The Hall–Kier alpha value is -3.20. The van der Waals surface area contributed by atoms with Crippen LogP contribution in [0.15, 0.2) is 64.5 Å². The van der Waals surface area contributed by atoms with E-state index in [1.54, 1.807) is 25.6 Å². The summed E-state index contributed by atoms with van der Waals surface area (Å²) in [5.74, 6) is 1.68. The highest BCUT2D eigenvalue weighted by Crippen LogP contribution is 2.28. The number of nitrogens with zero attached hydrogens (tertiary/aromatic N) is 5. The molecule has 7 nitrogen and oxygen atoms in total. The van der Waals surface area contributed by atoms with Gasteiger partial charge in [0.25, 0.3) is 0 Å². The third kappa shape index (κ3) is 3.68. The van der Waals surface area contributed by atoms with E-state index < -0.39 is 0 Å². The van der Waals surface area contributed by atoms with Gasteiger partial charge in [0.1, 0.15) is 17.9 Å². The third-order valence-corrected chi connectivity index (χ3v) is 4.68. The van der Waals surface area contributed by atoms with Crippen LogP contribution < -0.4 is 4.74 Å². The van der Waals surface area contributed by atoms with Crippen LogP contribution in [0.3, 0.4) is 0 Å². The second kappa shape index (κ2) is 7.58. The zero-order chi connectivity index (χ0) is 18.6. The molecule has 0 amide bonds. The topological polar surface area (TPSA) is 78.9 Å². The van der Waals surface area contributed by atoms with E-state index in [1.165, 1.54) is 23.9 Å². The fraction of sp³-hybridized carbons (Fsp3) is 0.111. The average molecular weight is 383 g/mol. The number of ether oxygens (including phenoxy) is 1. The van der Waals surface area contributed by atoms with Gasteiger partial charge >= 0.3 is 0 Å². The van der Waals surface area contributed by atoms with Crippen LogP contribution in [0.4, 0.5) is 4.39 Å². The van der Waals surface area contributed by atoms with E-state index in [1.807, 2.05) is 28.8 Å². The molecule has 0 spiro atoms. The normalized spacial score (nSPS) is 10.9. The van der Waals surface area contributed by atoms with Crippen molar-refractivity contribution in [3.63, 3.8) is 0 Å². The Balaban J connectivity index is 1.51. The lowest BCUT2D eigenvalue weighted by molar-refractivity contribution is 0.391. The molecule has 4 aromatic rings. The van der Waals surface area contributed by atoms with Gasteiger partial charge in [-0.3, -0.25) is 4.57 Å². The van der Waals surface area contributed by atoms with Crippen LogP contribution in [-0.4, -0.2) is 32.0 Å². The molecule has 2 aromatic carbocycles. The molecule has 2 heterocycles. The third-order valence-electron chi connectivity index (χ3n) is 3.76. The molecule has 0 saturated carbocycles. The van der Waals surface area contributed by atoms with Gasteiger partial charge in [-0.25, -0.2) is 4.39 Å². The molecule has 0 atom stereocenters. The summed E-state index contributed by atoms with van der Waals surface area (Å²) in [6.45, 7) is 0. The number of para-hydroxylation sites is 2. The SMILES string of the molecule is COc1ccccc1-n1cnnc1SCc1nc(-c2ccc(F)cc2)no1. The number of rotatable bonds is 6. The number of methoxy groups -OCH3 is 1. The number of thioether (sulfide) groups is 1. The molecule has 0 radical (unpaired) electrons. The summed E-state index contributed by atoms with van der Waals surface area (Å²) in [6, 6.07) is 13.5. The minimum atomic E-state index is -0.311. The summed E-state index contributed by atoms with van der Waals surface area (Å²) in [7, 11) is 1.62. The Kier molecular flexibility index (Phi) is 4.84. The molecule has 0 N–H and O–H groups in total. The second-order valence-corrected chi connectivity index (χ2v) is 6.41.